The van der Waals surface area contributed by atoms with Crippen molar-refractivity contribution in [3.05, 3.63) is 0 Å². The number of hydrogen-bond acceptors (Lipinski definition) is 3. The van der Waals surface area contributed by atoms with Gasteiger partial charge >= 0.3 is 0 Å². The van der Waals surface area contributed by atoms with Gasteiger partial charge in [0.05, 0.1) is 13.2 Å². The molecule has 0 aliphatic carbocycles. The Bertz CT molecular complexity index is 54.5. The third kappa shape index (κ3) is 22.5. The van der Waals surface area contributed by atoms with Crippen LogP contribution in [0, 0.1) is 0 Å². The van der Waals surface area contributed by atoms with Crippen molar-refractivity contribution < 1.29 is 9.47 Å². The van der Waals surface area contributed by atoms with Gasteiger partial charge in [-0.3, -0.25) is 0 Å². The molecular weight excluding hydrogens is 154 g/mol. The molecule has 0 bridgehead atoms. The van der Waals surface area contributed by atoms with Gasteiger partial charge in [-0.2, -0.15) is 0 Å². The average molecular weight is 177 g/mol. The number of hydrogen-bond donors (Lipinski definition) is 1. The Kier molecular flexibility index (Phi) is 20.5. The predicted molar refractivity (Wildman–Crippen MR) is 52.6 cm³/mol. The quantitative estimate of drug-likeness (QED) is 0.620. The Morgan fingerprint density at radius 2 is 1.25 bits per heavy atom. The van der Waals surface area contributed by atoms with Crippen LogP contribution in [-0.4, -0.2) is 40.5 Å². The summed E-state index contributed by atoms with van der Waals surface area (Å²) in [5.41, 5.74) is 0. The molecule has 0 aromatic carbocycles. The fraction of sp³-hybridized carbons (Fsp3) is 1.00. The van der Waals surface area contributed by atoms with Crippen LogP contribution in [-0.2, 0) is 9.47 Å². The van der Waals surface area contributed by atoms with Crippen molar-refractivity contribution in [1.82, 2.24) is 5.32 Å². The standard InChI is InChI=1S/C6H15NO2.C3H8/c1-8-5-3-7-4-6-9-2;1-3-2/h7H,3-6H2,1-2H3;3H2,1-2H3. The van der Waals surface area contributed by atoms with E-state index in [0.717, 1.165) is 26.3 Å². The van der Waals surface area contributed by atoms with Crippen molar-refractivity contribution in [1.29, 1.82) is 0 Å². The molecule has 12 heavy (non-hydrogen) atoms. The third-order valence-electron chi connectivity index (χ3n) is 0.966. The van der Waals surface area contributed by atoms with Gasteiger partial charge in [-0.1, -0.05) is 20.3 Å². The van der Waals surface area contributed by atoms with Gasteiger partial charge < -0.3 is 14.8 Å². The largest absolute Gasteiger partial charge is 0.383 e. The van der Waals surface area contributed by atoms with Gasteiger partial charge in [0.2, 0.25) is 0 Å². The molecular formula is C9H23NO2. The molecule has 0 aromatic rings. The summed E-state index contributed by atoms with van der Waals surface area (Å²) < 4.78 is 9.64. The SMILES string of the molecule is CCC.COCCNCCOC. The first kappa shape index (κ1) is 14.4. The monoisotopic (exact) mass is 177 g/mol. The van der Waals surface area contributed by atoms with Crippen LogP contribution in [0.15, 0.2) is 0 Å². The molecule has 0 unspecified atom stereocenters. The van der Waals surface area contributed by atoms with Gasteiger partial charge in [-0.05, 0) is 0 Å². The van der Waals surface area contributed by atoms with E-state index in [1.807, 2.05) is 0 Å². The van der Waals surface area contributed by atoms with Gasteiger partial charge in [0.25, 0.3) is 0 Å². The maximum Gasteiger partial charge on any atom is 0.0587 e. The van der Waals surface area contributed by atoms with E-state index in [1.54, 1.807) is 14.2 Å². The van der Waals surface area contributed by atoms with Crippen LogP contribution in [0.4, 0.5) is 0 Å². The maximum absolute atomic E-state index is 4.82. The lowest BCUT2D eigenvalue weighted by atomic mass is 10.6. The van der Waals surface area contributed by atoms with E-state index in [0.29, 0.717) is 0 Å². The van der Waals surface area contributed by atoms with E-state index < -0.39 is 0 Å². The van der Waals surface area contributed by atoms with Crippen molar-refractivity contribution in [3.63, 3.8) is 0 Å². The first-order chi connectivity index (χ1) is 5.83. The Morgan fingerprint density at radius 3 is 1.50 bits per heavy atom. The lowest BCUT2D eigenvalue weighted by Crippen LogP contribution is -2.23. The van der Waals surface area contributed by atoms with Crippen LogP contribution >= 0.6 is 0 Å². The minimum atomic E-state index is 0.768. The predicted octanol–water partition coefficient (Wildman–Crippen LogP) is 1.29. The van der Waals surface area contributed by atoms with Crippen molar-refractivity contribution in [3.8, 4) is 0 Å². The molecule has 0 aromatic heterocycles. The smallest absolute Gasteiger partial charge is 0.0587 e. The fourth-order valence-corrected chi connectivity index (χ4v) is 0.473. The summed E-state index contributed by atoms with van der Waals surface area (Å²) in [6.07, 6.45) is 1.25. The summed E-state index contributed by atoms with van der Waals surface area (Å²) in [4.78, 5) is 0. The van der Waals surface area contributed by atoms with Gasteiger partial charge in [-0.15, -0.1) is 0 Å². The fourth-order valence-electron chi connectivity index (χ4n) is 0.473. The Hall–Kier alpha value is -0.120. The molecule has 0 saturated heterocycles. The number of rotatable bonds is 6. The summed E-state index contributed by atoms with van der Waals surface area (Å²) in [5, 5.41) is 3.14. The molecule has 0 aliphatic rings. The molecule has 0 fully saturated rings. The van der Waals surface area contributed by atoms with E-state index in [4.69, 9.17) is 9.47 Å². The van der Waals surface area contributed by atoms with Crippen molar-refractivity contribution >= 4 is 0 Å². The summed E-state index contributed by atoms with van der Waals surface area (Å²) in [6, 6.07) is 0. The molecule has 76 valence electrons. The molecule has 1 N–H and O–H groups in total. The van der Waals surface area contributed by atoms with E-state index in [9.17, 15) is 0 Å². The lowest BCUT2D eigenvalue weighted by Gasteiger charge is -2.01. The summed E-state index contributed by atoms with van der Waals surface area (Å²) in [7, 11) is 3.38. The zero-order valence-electron chi connectivity index (χ0n) is 8.85. The van der Waals surface area contributed by atoms with Crippen LogP contribution in [0.25, 0.3) is 0 Å². The summed E-state index contributed by atoms with van der Waals surface area (Å²) in [5.74, 6) is 0. The molecule has 0 rings (SSSR count). The number of methoxy groups -OCH3 is 2. The zero-order chi connectivity index (χ0) is 9.66. The lowest BCUT2D eigenvalue weighted by molar-refractivity contribution is 0.180. The Morgan fingerprint density at radius 1 is 0.917 bits per heavy atom. The number of nitrogens with one attached hydrogen (secondary N) is 1. The van der Waals surface area contributed by atoms with Crippen molar-refractivity contribution in [2.75, 3.05) is 40.5 Å². The molecule has 0 saturated carbocycles. The molecule has 0 atom stereocenters. The van der Waals surface area contributed by atoms with Crippen LogP contribution in [0.3, 0.4) is 0 Å². The van der Waals surface area contributed by atoms with Crippen LogP contribution in [0.2, 0.25) is 0 Å². The summed E-state index contributed by atoms with van der Waals surface area (Å²) in [6.45, 7) is 7.59. The zero-order valence-corrected chi connectivity index (χ0v) is 8.85. The van der Waals surface area contributed by atoms with Crippen molar-refractivity contribution in [2.45, 2.75) is 20.3 Å². The van der Waals surface area contributed by atoms with E-state index in [2.05, 4.69) is 19.2 Å². The summed E-state index contributed by atoms with van der Waals surface area (Å²) >= 11 is 0. The second kappa shape index (κ2) is 17.1. The molecule has 0 aliphatic heterocycles. The highest BCUT2D eigenvalue weighted by atomic mass is 16.5. The third-order valence-corrected chi connectivity index (χ3v) is 0.966. The van der Waals surface area contributed by atoms with Gasteiger partial charge in [-0.25, -0.2) is 0 Å². The first-order valence-electron chi connectivity index (χ1n) is 4.52. The Balaban J connectivity index is 0. The highest BCUT2D eigenvalue weighted by Crippen LogP contribution is 1.65. The van der Waals surface area contributed by atoms with Crippen LogP contribution in [0.5, 0.6) is 0 Å². The van der Waals surface area contributed by atoms with E-state index >= 15 is 0 Å². The van der Waals surface area contributed by atoms with E-state index in [1.165, 1.54) is 6.42 Å². The van der Waals surface area contributed by atoms with E-state index in [-0.39, 0.29) is 0 Å². The normalized spacial score (nSPS) is 9.00. The molecule has 0 heterocycles. The molecule has 0 spiro atoms. The highest BCUT2D eigenvalue weighted by Gasteiger charge is 1.83. The second-order valence-electron chi connectivity index (χ2n) is 2.44. The topological polar surface area (TPSA) is 30.5 Å². The van der Waals surface area contributed by atoms with Gasteiger partial charge in [0.15, 0.2) is 0 Å². The molecule has 0 amide bonds. The first-order valence-corrected chi connectivity index (χ1v) is 4.52. The second-order valence-corrected chi connectivity index (χ2v) is 2.44. The van der Waals surface area contributed by atoms with Gasteiger partial charge in [0.1, 0.15) is 0 Å². The minimum absolute atomic E-state index is 0.768. The van der Waals surface area contributed by atoms with Gasteiger partial charge in [0, 0.05) is 27.3 Å². The van der Waals surface area contributed by atoms with Crippen LogP contribution < -0.4 is 5.32 Å². The highest BCUT2D eigenvalue weighted by molar-refractivity contribution is 4.42. The van der Waals surface area contributed by atoms with Crippen molar-refractivity contribution in [2.24, 2.45) is 0 Å². The molecule has 0 radical (unpaired) electrons. The molecule has 3 nitrogen and oxygen atoms in total. The molecule has 3 heteroatoms. The maximum atomic E-state index is 4.82. The Labute approximate surface area is 76.4 Å². The minimum Gasteiger partial charge on any atom is -0.383 e. The number of ether oxygens (including phenoxy) is 2. The van der Waals surface area contributed by atoms with Crippen LogP contribution in [0.1, 0.15) is 20.3 Å². The average Bonchev–Trinajstić information content (AvgIpc) is 2.06.